The van der Waals surface area contributed by atoms with Gasteiger partial charge in [0.1, 0.15) is 11.6 Å². The van der Waals surface area contributed by atoms with Gasteiger partial charge < -0.3 is 0 Å². The summed E-state index contributed by atoms with van der Waals surface area (Å²) < 4.78 is -0.0484. The molecule has 0 radical (unpaired) electrons. The molecule has 0 spiro atoms. The SMILES string of the molecule is N#Cc1cc([N+](=O)[O-])cc([N+](=O)[O-])c1-c1c([N+](=O)[O-])cc(Br)cc1[N+](=O)[O-]. The number of non-ortho nitro benzene ring substituents is 1. The Labute approximate surface area is 156 Å². The van der Waals surface area contributed by atoms with Crippen molar-refractivity contribution in [2.24, 2.45) is 0 Å². The van der Waals surface area contributed by atoms with Crippen LogP contribution < -0.4 is 0 Å². The van der Waals surface area contributed by atoms with Gasteiger partial charge in [-0.25, -0.2) is 0 Å². The predicted molar refractivity (Wildman–Crippen MR) is 90.9 cm³/mol. The van der Waals surface area contributed by atoms with Crippen LogP contribution in [0.2, 0.25) is 0 Å². The van der Waals surface area contributed by atoms with Crippen molar-refractivity contribution in [3.05, 3.63) is 74.8 Å². The van der Waals surface area contributed by atoms with Gasteiger partial charge in [0.15, 0.2) is 0 Å². The molecular weight excluding hydrogens is 434 g/mol. The maximum absolute atomic E-state index is 11.4. The molecule has 2 rings (SSSR count). The minimum atomic E-state index is -1.11. The molecule has 0 amide bonds. The summed E-state index contributed by atoms with van der Waals surface area (Å²) in [5, 5.41) is 54.3. The summed E-state index contributed by atoms with van der Waals surface area (Å²) in [5.41, 5.74) is -5.87. The molecule has 0 fully saturated rings. The van der Waals surface area contributed by atoms with E-state index in [4.69, 9.17) is 0 Å². The van der Waals surface area contributed by atoms with E-state index in [0.29, 0.717) is 12.1 Å². The Morgan fingerprint density at radius 3 is 1.56 bits per heavy atom. The standard InChI is InChI=1S/C13H4BrN5O8/c14-7-2-9(17(22)23)13(10(3-7)18(24)25)12-6(5-15)1-8(16(20)21)4-11(12)19(26)27/h1-4H. The van der Waals surface area contributed by atoms with Crippen LogP contribution in [0.1, 0.15) is 5.56 Å². The van der Waals surface area contributed by atoms with E-state index >= 15 is 0 Å². The molecule has 136 valence electrons. The molecule has 0 saturated heterocycles. The number of halogens is 1. The van der Waals surface area contributed by atoms with Gasteiger partial charge in [-0.15, -0.1) is 0 Å². The maximum atomic E-state index is 11.4. The number of nitrogens with zero attached hydrogens (tertiary/aromatic N) is 5. The third-order valence-corrected chi connectivity index (χ3v) is 3.79. The zero-order valence-corrected chi connectivity index (χ0v) is 14.3. The highest BCUT2D eigenvalue weighted by atomic mass is 79.9. The van der Waals surface area contributed by atoms with E-state index in [1.807, 2.05) is 0 Å². The summed E-state index contributed by atoms with van der Waals surface area (Å²) in [6.07, 6.45) is 0. The van der Waals surface area contributed by atoms with Crippen LogP contribution >= 0.6 is 15.9 Å². The zero-order chi connectivity index (χ0) is 20.5. The Kier molecular flexibility index (Phi) is 5.08. The first-order valence-electron chi connectivity index (χ1n) is 6.58. The third kappa shape index (κ3) is 3.52. The highest BCUT2D eigenvalue weighted by Gasteiger charge is 2.36. The smallest absolute Gasteiger partial charge is 0.258 e. The molecule has 0 aliphatic carbocycles. The average Bonchev–Trinajstić information content (AvgIpc) is 2.59. The molecule has 0 aliphatic rings. The summed E-state index contributed by atoms with van der Waals surface area (Å²) in [7, 11) is 0. The summed E-state index contributed by atoms with van der Waals surface area (Å²) in [4.78, 5) is 40.9. The monoisotopic (exact) mass is 437 g/mol. The van der Waals surface area contributed by atoms with Gasteiger partial charge in [-0.3, -0.25) is 40.5 Å². The molecule has 2 aromatic carbocycles. The lowest BCUT2D eigenvalue weighted by Crippen LogP contribution is -2.03. The van der Waals surface area contributed by atoms with E-state index in [9.17, 15) is 45.7 Å². The normalized spacial score (nSPS) is 10.1. The number of rotatable bonds is 5. The van der Waals surface area contributed by atoms with Gasteiger partial charge in [0.05, 0.1) is 36.9 Å². The summed E-state index contributed by atoms with van der Waals surface area (Å²) in [6, 6.07) is 4.33. The van der Waals surface area contributed by atoms with E-state index < -0.39 is 59.1 Å². The van der Waals surface area contributed by atoms with E-state index in [-0.39, 0.29) is 4.47 Å². The number of hydrogen-bond acceptors (Lipinski definition) is 9. The van der Waals surface area contributed by atoms with Crippen molar-refractivity contribution < 1.29 is 19.7 Å². The van der Waals surface area contributed by atoms with Gasteiger partial charge in [-0.1, -0.05) is 15.9 Å². The first-order chi connectivity index (χ1) is 12.6. The Bertz CT molecular complexity index is 1040. The summed E-state index contributed by atoms with van der Waals surface area (Å²) in [6.45, 7) is 0. The summed E-state index contributed by atoms with van der Waals surface area (Å²) in [5.74, 6) is 0. The van der Waals surface area contributed by atoms with E-state index in [1.54, 1.807) is 0 Å². The highest BCUT2D eigenvalue weighted by Crippen LogP contribution is 2.46. The van der Waals surface area contributed by atoms with Gasteiger partial charge in [0, 0.05) is 22.7 Å². The number of benzene rings is 2. The second-order valence-electron chi connectivity index (χ2n) is 4.85. The van der Waals surface area contributed by atoms with Crippen LogP contribution in [0.25, 0.3) is 11.1 Å². The van der Waals surface area contributed by atoms with Crippen LogP contribution in [0.15, 0.2) is 28.7 Å². The fraction of sp³-hybridized carbons (Fsp3) is 0. The second-order valence-corrected chi connectivity index (χ2v) is 5.76. The molecule has 0 saturated carbocycles. The molecule has 14 heteroatoms. The molecule has 0 N–H and O–H groups in total. The van der Waals surface area contributed by atoms with Gasteiger partial charge in [-0.05, 0) is 0 Å². The van der Waals surface area contributed by atoms with Crippen molar-refractivity contribution in [2.45, 2.75) is 0 Å². The minimum absolute atomic E-state index is 0.0484. The Morgan fingerprint density at radius 2 is 1.19 bits per heavy atom. The molecule has 0 unspecified atom stereocenters. The van der Waals surface area contributed by atoms with E-state index in [0.717, 1.165) is 12.1 Å². The molecule has 13 nitrogen and oxygen atoms in total. The molecule has 0 heterocycles. The quantitative estimate of drug-likeness (QED) is 0.494. The van der Waals surface area contributed by atoms with Crippen molar-refractivity contribution in [3.63, 3.8) is 0 Å². The number of hydrogen-bond donors (Lipinski definition) is 0. The van der Waals surface area contributed by atoms with Crippen molar-refractivity contribution in [1.82, 2.24) is 0 Å². The number of nitro groups is 4. The maximum Gasteiger partial charge on any atom is 0.285 e. The molecule has 27 heavy (non-hydrogen) atoms. The van der Waals surface area contributed by atoms with Crippen molar-refractivity contribution >= 4 is 38.7 Å². The molecule has 0 aliphatic heterocycles. The third-order valence-electron chi connectivity index (χ3n) is 3.34. The van der Waals surface area contributed by atoms with Gasteiger partial charge >= 0.3 is 0 Å². The fourth-order valence-electron chi connectivity index (χ4n) is 2.33. The molecule has 2 aromatic rings. The Hall–Kier alpha value is -3.99. The van der Waals surface area contributed by atoms with E-state index in [2.05, 4.69) is 15.9 Å². The average molecular weight is 438 g/mol. The number of nitriles is 1. The highest BCUT2D eigenvalue weighted by molar-refractivity contribution is 9.10. The topological polar surface area (TPSA) is 196 Å². The van der Waals surface area contributed by atoms with Crippen LogP contribution in [0, 0.1) is 51.8 Å². The van der Waals surface area contributed by atoms with Crippen molar-refractivity contribution in [3.8, 4) is 17.2 Å². The Balaban J connectivity index is 3.13. The molecule has 0 bridgehead atoms. The van der Waals surface area contributed by atoms with Crippen LogP contribution in [-0.2, 0) is 0 Å². The second kappa shape index (κ2) is 7.09. The van der Waals surface area contributed by atoms with Crippen LogP contribution in [0.5, 0.6) is 0 Å². The first kappa shape index (κ1) is 19.3. The number of nitro benzene ring substituents is 4. The Morgan fingerprint density at radius 1 is 0.741 bits per heavy atom. The van der Waals surface area contributed by atoms with Crippen LogP contribution in [0.4, 0.5) is 22.7 Å². The fourth-order valence-corrected chi connectivity index (χ4v) is 2.77. The van der Waals surface area contributed by atoms with Crippen LogP contribution in [0.3, 0.4) is 0 Å². The zero-order valence-electron chi connectivity index (χ0n) is 12.7. The van der Waals surface area contributed by atoms with E-state index in [1.165, 1.54) is 6.07 Å². The molecule has 0 atom stereocenters. The van der Waals surface area contributed by atoms with Gasteiger partial charge in [-0.2, -0.15) is 5.26 Å². The van der Waals surface area contributed by atoms with Gasteiger partial charge in [0.2, 0.25) is 0 Å². The largest absolute Gasteiger partial charge is 0.285 e. The molecular formula is C13H4BrN5O8. The lowest BCUT2D eigenvalue weighted by atomic mass is 9.94. The van der Waals surface area contributed by atoms with Crippen molar-refractivity contribution in [2.75, 3.05) is 0 Å². The van der Waals surface area contributed by atoms with Crippen molar-refractivity contribution in [1.29, 1.82) is 5.26 Å². The molecule has 0 aromatic heterocycles. The van der Waals surface area contributed by atoms with Crippen LogP contribution in [-0.4, -0.2) is 19.7 Å². The lowest BCUT2D eigenvalue weighted by Gasteiger charge is -2.08. The minimum Gasteiger partial charge on any atom is -0.258 e. The predicted octanol–water partition coefficient (Wildman–Crippen LogP) is 3.62. The summed E-state index contributed by atoms with van der Waals surface area (Å²) >= 11 is 2.87. The lowest BCUT2D eigenvalue weighted by molar-refractivity contribution is -0.395. The van der Waals surface area contributed by atoms with Gasteiger partial charge in [0.25, 0.3) is 22.7 Å². The first-order valence-corrected chi connectivity index (χ1v) is 7.37.